The third kappa shape index (κ3) is 3.03. The Hall–Kier alpha value is -0.0800. The molecule has 0 radical (unpaired) electrons. The third-order valence-corrected chi connectivity index (χ3v) is 4.79. The van der Waals surface area contributed by atoms with Crippen LogP contribution >= 0.6 is 0 Å². The molecule has 0 aliphatic heterocycles. The van der Waals surface area contributed by atoms with Crippen LogP contribution < -0.4 is 5.32 Å². The minimum absolute atomic E-state index is 0.467. The summed E-state index contributed by atoms with van der Waals surface area (Å²) in [7, 11) is 2.14. The molecule has 0 spiro atoms. The minimum atomic E-state index is 0.467. The molecule has 0 aromatic heterocycles. The Morgan fingerprint density at radius 3 is 2.47 bits per heavy atom. The van der Waals surface area contributed by atoms with E-state index in [1.807, 2.05) is 0 Å². The van der Waals surface area contributed by atoms with Crippen molar-refractivity contribution in [2.24, 2.45) is 11.3 Å². The molecule has 2 atom stereocenters. The van der Waals surface area contributed by atoms with Gasteiger partial charge in [0.25, 0.3) is 0 Å². The monoisotopic (exact) mass is 238 g/mol. The van der Waals surface area contributed by atoms with E-state index in [-0.39, 0.29) is 0 Å². The maximum Gasteiger partial charge on any atom is 0.0271 e. The van der Waals surface area contributed by atoms with Crippen molar-refractivity contribution in [1.82, 2.24) is 10.2 Å². The van der Waals surface area contributed by atoms with Gasteiger partial charge in [-0.25, -0.2) is 0 Å². The first kappa shape index (κ1) is 13.4. The Morgan fingerprint density at radius 2 is 1.94 bits per heavy atom. The lowest BCUT2D eigenvalue weighted by molar-refractivity contribution is 0.143. The van der Waals surface area contributed by atoms with E-state index in [2.05, 4.69) is 38.0 Å². The second-order valence-corrected chi connectivity index (χ2v) is 6.80. The first-order valence-corrected chi connectivity index (χ1v) is 7.49. The Balaban J connectivity index is 2.01. The summed E-state index contributed by atoms with van der Waals surface area (Å²) in [5.41, 5.74) is 0.467. The van der Waals surface area contributed by atoms with Gasteiger partial charge in [0.15, 0.2) is 0 Å². The molecule has 0 aromatic rings. The summed E-state index contributed by atoms with van der Waals surface area (Å²) in [5, 5.41) is 3.60. The van der Waals surface area contributed by atoms with E-state index < -0.39 is 0 Å². The van der Waals surface area contributed by atoms with Gasteiger partial charge in [0.05, 0.1) is 0 Å². The van der Waals surface area contributed by atoms with Gasteiger partial charge in [-0.3, -0.25) is 4.90 Å². The van der Waals surface area contributed by atoms with Gasteiger partial charge in [0.1, 0.15) is 0 Å². The molecule has 0 heterocycles. The van der Waals surface area contributed by atoms with E-state index in [0.29, 0.717) is 11.5 Å². The zero-order chi connectivity index (χ0) is 12.5. The van der Waals surface area contributed by atoms with Crippen molar-refractivity contribution in [3.63, 3.8) is 0 Å². The first-order chi connectivity index (χ1) is 8.08. The van der Waals surface area contributed by atoms with Gasteiger partial charge >= 0.3 is 0 Å². The van der Waals surface area contributed by atoms with Crippen LogP contribution in [0.15, 0.2) is 0 Å². The summed E-state index contributed by atoms with van der Waals surface area (Å²) in [5.74, 6) is 1.02. The fourth-order valence-corrected chi connectivity index (χ4v) is 3.65. The van der Waals surface area contributed by atoms with Crippen LogP contribution in [0.25, 0.3) is 0 Å². The zero-order valence-corrected chi connectivity index (χ0v) is 12.1. The predicted octanol–water partition coefficient (Wildman–Crippen LogP) is 2.89. The van der Waals surface area contributed by atoms with Crippen molar-refractivity contribution in [3.8, 4) is 0 Å². The maximum atomic E-state index is 3.60. The van der Waals surface area contributed by atoms with Gasteiger partial charge < -0.3 is 5.32 Å². The van der Waals surface area contributed by atoms with E-state index in [0.717, 1.165) is 12.0 Å². The number of hydrogen-bond acceptors (Lipinski definition) is 2. The molecule has 1 N–H and O–H groups in total. The predicted molar refractivity (Wildman–Crippen MR) is 74.2 cm³/mol. The van der Waals surface area contributed by atoms with Crippen LogP contribution in [-0.4, -0.2) is 37.1 Å². The van der Waals surface area contributed by atoms with Crippen LogP contribution in [0.4, 0.5) is 0 Å². The first-order valence-electron chi connectivity index (χ1n) is 7.49. The highest BCUT2D eigenvalue weighted by Gasteiger charge is 2.44. The molecule has 0 amide bonds. The molecule has 2 fully saturated rings. The van der Waals surface area contributed by atoms with Gasteiger partial charge in [-0.1, -0.05) is 20.8 Å². The Bertz CT molecular complexity index is 245. The van der Waals surface area contributed by atoms with Gasteiger partial charge in [0.2, 0.25) is 0 Å². The fourth-order valence-electron chi connectivity index (χ4n) is 3.65. The highest BCUT2D eigenvalue weighted by atomic mass is 15.2. The number of nitrogens with zero attached hydrogens (tertiary/aromatic N) is 1. The maximum absolute atomic E-state index is 3.60. The summed E-state index contributed by atoms with van der Waals surface area (Å²) >= 11 is 0. The van der Waals surface area contributed by atoms with Crippen LogP contribution in [0.3, 0.4) is 0 Å². The lowest BCUT2D eigenvalue weighted by Crippen LogP contribution is -2.51. The average molecular weight is 238 g/mol. The lowest BCUT2D eigenvalue weighted by Gasteiger charge is -2.37. The zero-order valence-electron chi connectivity index (χ0n) is 12.1. The van der Waals surface area contributed by atoms with E-state index in [1.54, 1.807) is 0 Å². The number of nitrogens with one attached hydrogen (secondary N) is 1. The van der Waals surface area contributed by atoms with Crippen molar-refractivity contribution >= 4 is 0 Å². The molecule has 17 heavy (non-hydrogen) atoms. The molecular weight excluding hydrogens is 208 g/mol. The molecule has 0 bridgehead atoms. The molecule has 2 nitrogen and oxygen atoms in total. The quantitative estimate of drug-likeness (QED) is 0.765. The Labute approximate surface area is 107 Å². The van der Waals surface area contributed by atoms with Crippen molar-refractivity contribution < 1.29 is 0 Å². The van der Waals surface area contributed by atoms with Gasteiger partial charge in [-0.2, -0.15) is 0 Å². The number of rotatable bonds is 6. The summed E-state index contributed by atoms with van der Waals surface area (Å²) in [4.78, 5) is 2.79. The van der Waals surface area contributed by atoms with E-state index >= 15 is 0 Å². The van der Waals surface area contributed by atoms with Crippen LogP contribution in [0.5, 0.6) is 0 Å². The number of hydrogen-bond donors (Lipinski definition) is 1. The molecule has 0 aromatic carbocycles. The topological polar surface area (TPSA) is 15.3 Å². The molecule has 2 rings (SSSR count). The normalized spacial score (nSPS) is 32.3. The molecule has 2 unspecified atom stereocenters. The average Bonchev–Trinajstić information content (AvgIpc) is 3.02. The molecule has 2 aliphatic carbocycles. The van der Waals surface area contributed by atoms with Gasteiger partial charge in [0, 0.05) is 18.6 Å². The lowest BCUT2D eigenvalue weighted by atomic mass is 9.86. The largest absolute Gasteiger partial charge is 0.315 e. The smallest absolute Gasteiger partial charge is 0.0271 e. The van der Waals surface area contributed by atoms with Crippen molar-refractivity contribution in [2.45, 2.75) is 65.0 Å². The van der Waals surface area contributed by atoms with Crippen molar-refractivity contribution in [3.05, 3.63) is 0 Å². The molecule has 2 heteroatoms. The summed E-state index contributed by atoms with van der Waals surface area (Å²) < 4.78 is 0. The summed E-state index contributed by atoms with van der Waals surface area (Å²) in [6.07, 6.45) is 6.99. The van der Waals surface area contributed by atoms with Crippen LogP contribution in [0, 0.1) is 11.3 Å². The highest BCUT2D eigenvalue weighted by molar-refractivity contribution is 5.01. The second-order valence-electron chi connectivity index (χ2n) is 6.80. The van der Waals surface area contributed by atoms with Crippen molar-refractivity contribution in [2.75, 3.05) is 20.1 Å². The molecule has 2 saturated carbocycles. The molecule has 2 aliphatic rings. The minimum Gasteiger partial charge on any atom is -0.315 e. The van der Waals surface area contributed by atoms with Crippen molar-refractivity contribution in [1.29, 1.82) is 0 Å². The molecule has 100 valence electrons. The van der Waals surface area contributed by atoms with E-state index in [9.17, 15) is 0 Å². The third-order valence-electron chi connectivity index (χ3n) is 4.79. The molecular formula is C15H30N2. The summed E-state index contributed by atoms with van der Waals surface area (Å²) in [6.45, 7) is 9.81. The van der Waals surface area contributed by atoms with Gasteiger partial charge in [-0.15, -0.1) is 0 Å². The molecule has 0 saturated heterocycles. The number of likely N-dealkylation sites (N-methyl/N-ethyl adjacent to an activating group) is 1. The Kier molecular flexibility index (Phi) is 4.14. The summed E-state index contributed by atoms with van der Waals surface area (Å²) in [6, 6.07) is 1.45. The van der Waals surface area contributed by atoms with Crippen LogP contribution in [0.1, 0.15) is 52.9 Å². The van der Waals surface area contributed by atoms with E-state index in [1.165, 1.54) is 45.2 Å². The van der Waals surface area contributed by atoms with Crippen LogP contribution in [-0.2, 0) is 0 Å². The SMILES string of the molecule is CCCN(CC1CC1)C1CCC(C)(C)C1NC. The highest BCUT2D eigenvalue weighted by Crippen LogP contribution is 2.41. The van der Waals surface area contributed by atoms with Crippen LogP contribution in [0.2, 0.25) is 0 Å². The fraction of sp³-hybridized carbons (Fsp3) is 1.00. The standard InChI is InChI=1S/C15H30N2/c1-5-10-17(11-12-6-7-12)13-8-9-15(2,3)14(13)16-4/h12-14,16H,5-11H2,1-4H3. The second kappa shape index (κ2) is 5.27. The van der Waals surface area contributed by atoms with Gasteiger partial charge in [-0.05, 0) is 57.0 Å². The Morgan fingerprint density at radius 1 is 1.24 bits per heavy atom. The van der Waals surface area contributed by atoms with E-state index in [4.69, 9.17) is 0 Å².